The van der Waals surface area contributed by atoms with Crippen molar-refractivity contribution in [3.05, 3.63) is 102 Å². The molecule has 3 aromatic heterocycles. The summed E-state index contributed by atoms with van der Waals surface area (Å²) in [4.78, 5) is 23.6. The number of aromatic nitrogens is 3. The second kappa shape index (κ2) is 9.95. The number of benzene rings is 2. The zero-order chi connectivity index (χ0) is 26.2. The van der Waals surface area contributed by atoms with Crippen LogP contribution in [-0.4, -0.2) is 44.4 Å². The van der Waals surface area contributed by atoms with Crippen molar-refractivity contribution in [1.29, 1.82) is 0 Å². The Morgan fingerprint density at radius 1 is 1.05 bits per heavy atom. The SMILES string of the molecule is CCN1CCCC1NC(=O)c1ccc(-c2cc(F)c3ncc(Cc4ccc5ncccc5c4)n3c2)cc1F. The molecule has 192 valence electrons. The van der Waals surface area contributed by atoms with Crippen molar-refractivity contribution >= 4 is 22.5 Å². The highest BCUT2D eigenvalue weighted by Crippen LogP contribution is 2.26. The molecule has 0 spiro atoms. The van der Waals surface area contributed by atoms with E-state index in [2.05, 4.69) is 26.3 Å². The molecule has 6 rings (SSSR count). The zero-order valence-electron chi connectivity index (χ0n) is 21.0. The van der Waals surface area contributed by atoms with Gasteiger partial charge in [0, 0.05) is 48.2 Å². The number of amides is 1. The second-order valence-electron chi connectivity index (χ2n) is 9.68. The van der Waals surface area contributed by atoms with Crippen LogP contribution in [-0.2, 0) is 6.42 Å². The molecule has 1 aliphatic heterocycles. The Morgan fingerprint density at radius 2 is 1.92 bits per heavy atom. The lowest BCUT2D eigenvalue weighted by Gasteiger charge is -2.23. The first-order valence-corrected chi connectivity index (χ1v) is 12.8. The third-order valence-corrected chi connectivity index (χ3v) is 7.30. The molecular formula is C30H27F2N5O. The van der Waals surface area contributed by atoms with Gasteiger partial charge in [-0.25, -0.2) is 13.8 Å². The van der Waals surface area contributed by atoms with E-state index >= 15 is 8.78 Å². The monoisotopic (exact) mass is 511 g/mol. The minimum absolute atomic E-state index is 0.0210. The van der Waals surface area contributed by atoms with E-state index in [1.165, 1.54) is 18.2 Å². The third-order valence-electron chi connectivity index (χ3n) is 7.30. The molecule has 8 heteroatoms. The lowest BCUT2D eigenvalue weighted by molar-refractivity contribution is 0.0886. The maximum Gasteiger partial charge on any atom is 0.255 e. The van der Waals surface area contributed by atoms with Gasteiger partial charge in [0.15, 0.2) is 11.5 Å². The van der Waals surface area contributed by atoms with E-state index in [4.69, 9.17) is 0 Å². The fourth-order valence-corrected chi connectivity index (χ4v) is 5.30. The van der Waals surface area contributed by atoms with Gasteiger partial charge in [0.05, 0.1) is 17.2 Å². The first-order chi connectivity index (χ1) is 18.5. The highest BCUT2D eigenvalue weighted by Gasteiger charge is 2.26. The van der Waals surface area contributed by atoms with Gasteiger partial charge < -0.3 is 9.72 Å². The highest BCUT2D eigenvalue weighted by atomic mass is 19.1. The number of nitrogens with zero attached hydrogens (tertiary/aromatic N) is 4. The Kier molecular flexibility index (Phi) is 6.33. The number of nitrogens with one attached hydrogen (secondary N) is 1. The van der Waals surface area contributed by atoms with Crippen molar-refractivity contribution in [2.24, 2.45) is 0 Å². The van der Waals surface area contributed by atoms with Gasteiger partial charge in [-0.2, -0.15) is 0 Å². The quantitative estimate of drug-likeness (QED) is 0.323. The first-order valence-electron chi connectivity index (χ1n) is 12.8. The van der Waals surface area contributed by atoms with E-state index < -0.39 is 17.5 Å². The predicted octanol–water partition coefficient (Wildman–Crippen LogP) is 5.59. The topological polar surface area (TPSA) is 62.5 Å². The molecular weight excluding hydrogens is 484 g/mol. The number of halogens is 2. The minimum atomic E-state index is -0.642. The lowest BCUT2D eigenvalue weighted by atomic mass is 10.0. The van der Waals surface area contributed by atoms with E-state index in [9.17, 15) is 4.79 Å². The molecule has 6 nitrogen and oxygen atoms in total. The van der Waals surface area contributed by atoms with Crippen molar-refractivity contribution in [3.63, 3.8) is 0 Å². The molecule has 1 saturated heterocycles. The fourth-order valence-electron chi connectivity index (χ4n) is 5.30. The van der Waals surface area contributed by atoms with Crippen molar-refractivity contribution in [2.45, 2.75) is 32.4 Å². The molecule has 1 atom stereocenters. The smallest absolute Gasteiger partial charge is 0.255 e. The molecule has 1 unspecified atom stereocenters. The van der Waals surface area contributed by atoms with Crippen molar-refractivity contribution in [1.82, 2.24) is 24.6 Å². The molecule has 4 heterocycles. The molecule has 5 aromatic rings. The summed E-state index contributed by atoms with van der Waals surface area (Å²) in [5, 5.41) is 3.97. The number of likely N-dealkylation sites (tertiary alicyclic amines) is 1. The van der Waals surface area contributed by atoms with E-state index in [0.717, 1.165) is 48.1 Å². The maximum atomic E-state index is 15.1. The van der Waals surface area contributed by atoms with Crippen molar-refractivity contribution < 1.29 is 13.6 Å². The number of pyridine rings is 2. The standard InChI is InChI=1S/C30H27F2N5O/c1-2-36-12-4-6-28(36)35-30(38)24-9-8-20(15-25(24)31)22-16-26(32)29-34-17-23(37(29)18-22)14-19-7-10-27-21(13-19)5-3-11-33-27/h3,5,7-11,13,15-18,28H,2,4,6,12,14H2,1H3,(H,35,38). The van der Waals surface area contributed by atoms with Crippen LogP contribution in [0.2, 0.25) is 0 Å². The first kappa shape index (κ1) is 24.2. The molecule has 0 aliphatic carbocycles. The molecule has 1 amide bonds. The van der Waals surface area contributed by atoms with Gasteiger partial charge in [0.1, 0.15) is 5.82 Å². The summed E-state index contributed by atoms with van der Waals surface area (Å²) in [6.45, 7) is 3.79. The summed E-state index contributed by atoms with van der Waals surface area (Å²) in [7, 11) is 0. The van der Waals surface area contributed by atoms with Crippen LogP contribution in [0.3, 0.4) is 0 Å². The van der Waals surface area contributed by atoms with Gasteiger partial charge in [0.25, 0.3) is 5.91 Å². The highest BCUT2D eigenvalue weighted by molar-refractivity contribution is 5.95. The van der Waals surface area contributed by atoms with Gasteiger partial charge in [-0.15, -0.1) is 0 Å². The summed E-state index contributed by atoms with van der Waals surface area (Å²) < 4.78 is 31.8. The van der Waals surface area contributed by atoms with Crippen LogP contribution in [0.15, 0.2) is 73.2 Å². The molecule has 0 saturated carbocycles. The molecule has 0 radical (unpaired) electrons. The number of rotatable bonds is 6. The molecule has 38 heavy (non-hydrogen) atoms. The maximum absolute atomic E-state index is 15.1. The molecule has 1 fully saturated rings. The van der Waals surface area contributed by atoms with Crippen LogP contribution in [0, 0.1) is 11.6 Å². The number of fused-ring (bicyclic) bond motifs is 2. The van der Waals surface area contributed by atoms with Crippen molar-refractivity contribution in [2.75, 3.05) is 13.1 Å². The zero-order valence-corrected chi connectivity index (χ0v) is 21.0. The Hall–Kier alpha value is -4.17. The normalized spacial score (nSPS) is 15.9. The van der Waals surface area contributed by atoms with E-state index in [1.807, 2.05) is 31.2 Å². The van der Waals surface area contributed by atoms with Crippen LogP contribution in [0.25, 0.3) is 27.7 Å². The van der Waals surface area contributed by atoms with E-state index in [0.29, 0.717) is 17.5 Å². The number of hydrogen-bond donors (Lipinski definition) is 1. The summed E-state index contributed by atoms with van der Waals surface area (Å²) in [5.74, 6) is -1.58. The Bertz CT molecular complexity index is 1660. The average Bonchev–Trinajstić information content (AvgIpc) is 3.55. The molecule has 0 bridgehead atoms. The summed E-state index contributed by atoms with van der Waals surface area (Å²) in [6.07, 6.45) is 7.49. The lowest BCUT2D eigenvalue weighted by Crippen LogP contribution is -2.44. The second-order valence-corrected chi connectivity index (χ2v) is 9.68. The summed E-state index contributed by atoms with van der Waals surface area (Å²) in [5.41, 5.74) is 3.92. The largest absolute Gasteiger partial charge is 0.336 e. The van der Waals surface area contributed by atoms with Gasteiger partial charge in [0.2, 0.25) is 0 Å². The van der Waals surface area contributed by atoms with Crippen LogP contribution in [0.4, 0.5) is 8.78 Å². The Balaban J connectivity index is 1.28. The summed E-state index contributed by atoms with van der Waals surface area (Å²) >= 11 is 0. The number of carbonyl (C=O) groups is 1. The Labute approximate surface area is 219 Å². The van der Waals surface area contributed by atoms with Crippen LogP contribution < -0.4 is 5.32 Å². The fraction of sp³-hybridized carbons (Fsp3) is 0.233. The third kappa shape index (κ3) is 4.52. The summed E-state index contributed by atoms with van der Waals surface area (Å²) in [6, 6.07) is 15.7. The van der Waals surface area contributed by atoms with Crippen LogP contribution in [0.5, 0.6) is 0 Å². The van der Waals surface area contributed by atoms with Gasteiger partial charge in [-0.05, 0) is 66.9 Å². The molecule has 2 aromatic carbocycles. The average molecular weight is 512 g/mol. The van der Waals surface area contributed by atoms with Crippen LogP contribution >= 0.6 is 0 Å². The van der Waals surface area contributed by atoms with E-state index in [1.54, 1.807) is 29.1 Å². The number of hydrogen-bond acceptors (Lipinski definition) is 4. The minimum Gasteiger partial charge on any atom is -0.336 e. The predicted molar refractivity (Wildman–Crippen MR) is 143 cm³/mol. The van der Waals surface area contributed by atoms with Gasteiger partial charge in [-0.1, -0.05) is 25.1 Å². The van der Waals surface area contributed by atoms with Gasteiger partial charge in [-0.3, -0.25) is 14.7 Å². The Morgan fingerprint density at radius 3 is 2.76 bits per heavy atom. The van der Waals surface area contributed by atoms with Crippen LogP contribution in [0.1, 0.15) is 41.4 Å². The molecule has 1 N–H and O–H groups in total. The van der Waals surface area contributed by atoms with E-state index in [-0.39, 0.29) is 17.4 Å². The number of carbonyl (C=O) groups excluding carboxylic acids is 1. The van der Waals surface area contributed by atoms with Gasteiger partial charge >= 0.3 is 0 Å². The number of imidazole rings is 1. The van der Waals surface area contributed by atoms with Crippen molar-refractivity contribution in [3.8, 4) is 11.1 Å². The molecule has 1 aliphatic rings.